The molecular formula is C13H15NaO4S. The van der Waals surface area contributed by atoms with Crippen molar-refractivity contribution in [2.45, 2.75) is 12.8 Å². The van der Waals surface area contributed by atoms with E-state index in [0.717, 1.165) is 16.3 Å². The molecule has 19 heavy (non-hydrogen) atoms. The summed E-state index contributed by atoms with van der Waals surface area (Å²) < 4.78 is 30.0. The van der Waals surface area contributed by atoms with Crippen molar-refractivity contribution in [1.82, 2.24) is 0 Å². The fourth-order valence-corrected chi connectivity index (χ4v) is 2.51. The third-order valence-electron chi connectivity index (χ3n) is 2.80. The molecule has 0 bridgehead atoms. The average Bonchev–Trinajstić information content (AvgIpc) is 2.27. The number of aromatic hydroxyl groups is 1. The molecular weight excluding hydrogens is 275 g/mol. The van der Waals surface area contributed by atoms with E-state index >= 15 is 0 Å². The van der Waals surface area contributed by atoms with Gasteiger partial charge in [-0.1, -0.05) is 24.3 Å². The van der Waals surface area contributed by atoms with Gasteiger partial charge in [-0.15, -0.1) is 0 Å². The normalized spacial score (nSPS) is 11.2. The van der Waals surface area contributed by atoms with Crippen LogP contribution in [0.1, 0.15) is 12.0 Å². The summed E-state index contributed by atoms with van der Waals surface area (Å²) in [7, 11) is -3.89. The summed E-state index contributed by atoms with van der Waals surface area (Å²) in [4.78, 5) is 0. The molecule has 0 radical (unpaired) electrons. The van der Waals surface area contributed by atoms with Gasteiger partial charge in [0.15, 0.2) is 0 Å². The Bertz CT molecular complexity index is 667. The van der Waals surface area contributed by atoms with Crippen molar-refractivity contribution < 1.29 is 18.1 Å². The number of fused-ring (bicyclic) bond motifs is 1. The first kappa shape index (κ1) is 16.5. The van der Waals surface area contributed by atoms with Crippen molar-refractivity contribution in [1.29, 1.82) is 0 Å². The monoisotopic (exact) mass is 290 g/mol. The second kappa shape index (κ2) is 6.72. The number of rotatable bonds is 4. The molecule has 0 aromatic heterocycles. The van der Waals surface area contributed by atoms with E-state index in [2.05, 4.69) is 0 Å². The molecule has 0 saturated carbocycles. The van der Waals surface area contributed by atoms with Gasteiger partial charge in [0.1, 0.15) is 5.75 Å². The minimum atomic E-state index is -3.89. The van der Waals surface area contributed by atoms with E-state index in [1.807, 2.05) is 24.3 Å². The maximum atomic E-state index is 10.7. The Balaban J connectivity index is 0.00000180. The number of hydrogen-bond donors (Lipinski definition) is 2. The van der Waals surface area contributed by atoms with Gasteiger partial charge in [0.05, 0.1) is 5.75 Å². The Labute approximate surface area is 134 Å². The predicted octanol–water partition coefficient (Wildman–Crippen LogP) is 1.72. The van der Waals surface area contributed by atoms with Gasteiger partial charge in [0.2, 0.25) is 0 Å². The van der Waals surface area contributed by atoms with Crippen LogP contribution in [0.4, 0.5) is 0 Å². The van der Waals surface area contributed by atoms with Crippen LogP contribution in [0.15, 0.2) is 36.4 Å². The number of phenols is 1. The Morgan fingerprint density at radius 2 is 1.84 bits per heavy atom. The van der Waals surface area contributed by atoms with Gasteiger partial charge in [0.25, 0.3) is 10.1 Å². The Hall–Kier alpha value is -0.590. The van der Waals surface area contributed by atoms with E-state index in [0.29, 0.717) is 12.8 Å². The summed E-state index contributed by atoms with van der Waals surface area (Å²) in [6.07, 6.45) is 0.945. The minimum absolute atomic E-state index is 0. The number of benzene rings is 2. The van der Waals surface area contributed by atoms with Crippen LogP contribution in [0.25, 0.3) is 10.8 Å². The fourth-order valence-electron chi connectivity index (χ4n) is 2.00. The summed E-state index contributed by atoms with van der Waals surface area (Å²) in [6, 6.07) is 10.8. The predicted molar refractivity (Wildman–Crippen MR) is 77.5 cm³/mol. The molecule has 2 aromatic rings. The molecule has 98 valence electrons. The fraction of sp³-hybridized carbons (Fsp3) is 0.231. The molecule has 0 heterocycles. The molecule has 0 saturated heterocycles. The molecule has 0 aliphatic rings. The number of phenolic OH excluding ortho intramolecular Hbond substituents is 1. The van der Waals surface area contributed by atoms with Crippen LogP contribution < -0.4 is 0 Å². The van der Waals surface area contributed by atoms with Crippen molar-refractivity contribution in [2.75, 3.05) is 5.75 Å². The summed E-state index contributed by atoms with van der Waals surface area (Å²) in [5, 5.41) is 11.3. The van der Waals surface area contributed by atoms with E-state index < -0.39 is 10.1 Å². The van der Waals surface area contributed by atoms with Gasteiger partial charge in [-0.25, -0.2) is 0 Å². The Kier molecular flexibility index (Phi) is 5.82. The standard InChI is InChI=1S/C13H14O4S.Na.H/c14-12-6-7-13-10(3-1-4-11(13)9-12)5-2-8-18(15,16)17;;/h1,3-4,6-7,9,14H,2,5,8H2,(H,15,16,17);;. The zero-order chi connectivity index (χ0) is 13.2. The molecule has 0 aliphatic heterocycles. The van der Waals surface area contributed by atoms with Crippen LogP contribution in [0.2, 0.25) is 0 Å². The molecule has 0 amide bonds. The molecule has 2 aromatic carbocycles. The first-order valence-electron chi connectivity index (χ1n) is 5.61. The van der Waals surface area contributed by atoms with Gasteiger partial charge in [-0.3, -0.25) is 4.55 Å². The summed E-state index contributed by atoms with van der Waals surface area (Å²) in [5.74, 6) is -0.0286. The number of aryl methyl sites for hydroxylation is 1. The van der Waals surface area contributed by atoms with Crippen molar-refractivity contribution in [2.24, 2.45) is 0 Å². The van der Waals surface area contributed by atoms with Crippen LogP contribution in [0.3, 0.4) is 0 Å². The van der Waals surface area contributed by atoms with Crippen molar-refractivity contribution in [3.05, 3.63) is 42.0 Å². The van der Waals surface area contributed by atoms with Gasteiger partial charge >= 0.3 is 29.6 Å². The van der Waals surface area contributed by atoms with Gasteiger partial charge in [0, 0.05) is 0 Å². The summed E-state index contributed by atoms with van der Waals surface area (Å²) in [6.45, 7) is 0. The zero-order valence-electron chi connectivity index (χ0n) is 9.70. The molecule has 0 fully saturated rings. The van der Waals surface area contributed by atoms with E-state index in [4.69, 9.17) is 4.55 Å². The van der Waals surface area contributed by atoms with E-state index in [1.165, 1.54) is 0 Å². The molecule has 4 nitrogen and oxygen atoms in total. The quantitative estimate of drug-likeness (QED) is 0.664. The first-order chi connectivity index (χ1) is 8.46. The van der Waals surface area contributed by atoms with Crippen LogP contribution in [-0.2, 0) is 16.5 Å². The molecule has 0 atom stereocenters. The average molecular weight is 290 g/mol. The van der Waals surface area contributed by atoms with Gasteiger partial charge in [-0.2, -0.15) is 8.42 Å². The Morgan fingerprint density at radius 1 is 1.11 bits per heavy atom. The summed E-state index contributed by atoms with van der Waals surface area (Å²) in [5.41, 5.74) is 1.01. The van der Waals surface area contributed by atoms with Gasteiger partial charge < -0.3 is 5.11 Å². The zero-order valence-corrected chi connectivity index (χ0v) is 10.5. The summed E-state index contributed by atoms with van der Waals surface area (Å²) >= 11 is 0. The van der Waals surface area contributed by atoms with E-state index in [-0.39, 0.29) is 41.1 Å². The maximum absolute atomic E-state index is 10.7. The SMILES string of the molecule is O=S(=O)(O)CCCc1cccc2cc(O)ccc12.[NaH]. The molecule has 0 unspecified atom stereocenters. The molecule has 0 aliphatic carbocycles. The van der Waals surface area contributed by atoms with Crippen LogP contribution in [0, 0.1) is 0 Å². The van der Waals surface area contributed by atoms with Crippen molar-refractivity contribution in [3.8, 4) is 5.75 Å². The molecule has 2 rings (SSSR count). The van der Waals surface area contributed by atoms with Crippen molar-refractivity contribution >= 4 is 50.4 Å². The second-order valence-electron chi connectivity index (χ2n) is 4.21. The molecule has 0 spiro atoms. The third-order valence-corrected chi connectivity index (χ3v) is 3.61. The molecule has 6 heteroatoms. The third kappa shape index (κ3) is 4.78. The Morgan fingerprint density at radius 3 is 2.53 bits per heavy atom. The number of hydrogen-bond acceptors (Lipinski definition) is 3. The van der Waals surface area contributed by atoms with Gasteiger partial charge in [-0.05, 0) is 41.3 Å². The van der Waals surface area contributed by atoms with E-state index in [9.17, 15) is 13.5 Å². The van der Waals surface area contributed by atoms with Crippen LogP contribution >= 0.6 is 0 Å². The second-order valence-corrected chi connectivity index (χ2v) is 5.78. The van der Waals surface area contributed by atoms with Crippen LogP contribution in [0.5, 0.6) is 5.75 Å². The van der Waals surface area contributed by atoms with E-state index in [1.54, 1.807) is 12.1 Å². The van der Waals surface area contributed by atoms with Crippen LogP contribution in [-0.4, -0.2) is 53.4 Å². The topological polar surface area (TPSA) is 74.6 Å². The van der Waals surface area contributed by atoms with Crippen molar-refractivity contribution in [3.63, 3.8) is 0 Å². The first-order valence-corrected chi connectivity index (χ1v) is 7.22. The molecule has 2 N–H and O–H groups in total.